The Labute approximate surface area is 209 Å². The van der Waals surface area contributed by atoms with Gasteiger partial charge in [0.25, 0.3) is 5.69 Å². The molecule has 11 heteroatoms. The Morgan fingerprint density at radius 1 is 1.12 bits per heavy atom. The summed E-state index contributed by atoms with van der Waals surface area (Å²) < 4.78 is 3.64. The highest BCUT2D eigenvalue weighted by atomic mass is 127. The first-order valence-corrected chi connectivity index (χ1v) is 14.4. The van der Waals surface area contributed by atoms with Gasteiger partial charge in [0.1, 0.15) is 6.20 Å². The minimum atomic E-state index is -0.463. The van der Waals surface area contributed by atoms with E-state index in [1.165, 1.54) is 17.8 Å². The summed E-state index contributed by atoms with van der Waals surface area (Å²) in [6.07, 6.45) is 6.22. The van der Waals surface area contributed by atoms with Crippen molar-refractivity contribution < 1.29 is 4.92 Å². The van der Waals surface area contributed by atoms with Crippen LogP contribution in [-0.4, -0.2) is 29.2 Å². The fourth-order valence-electron chi connectivity index (χ4n) is 3.50. The van der Waals surface area contributed by atoms with Crippen molar-refractivity contribution in [2.45, 2.75) is 20.3 Å². The van der Waals surface area contributed by atoms with Crippen molar-refractivity contribution in [3.8, 4) is 5.69 Å². The molecule has 33 heavy (non-hydrogen) atoms. The maximum Gasteiger partial charge on any atom is 0.289 e. The molecule has 0 aliphatic heterocycles. The van der Waals surface area contributed by atoms with Crippen LogP contribution in [0, 0.1) is 17.0 Å². The number of nitrogens with zero attached hydrogens (tertiary/aromatic N) is 6. The van der Waals surface area contributed by atoms with E-state index < -0.39 is 4.92 Å². The van der Waals surface area contributed by atoms with Gasteiger partial charge < -0.3 is 0 Å². The molecule has 1 unspecified atom stereocenters. The van der Waals surface area contributed by atoms with Gasteiger partial charge in [0, 0.05) is 16.8 Å². The minimum absolute atomic E-state index is 0.0465. The average molecular weight is 593 g/mol. The Kier molecular flexibility index (Phi) is 7.21. The van der Waals surface area contributed by atoms with Crippen molar-refractivity contribution in [1.29, 1.82) is 0 Å². The summed E-state index contributed by atoms with van der Waals surface area (Å²) in [5, 5.41) is 22.4. The first-order chi connectivity index (χ1) is 15.9. The number of fused-ring (bicyclic) bond motifs is 2. The smallest absolute Gasteiger partial charge is 0.258 e. The molecule has 1 atom stereocenters. The fraction of sp³-hybridized carbons (Fsp3) is 0.136. The molecular formula is C22H19ClIN6O2P. The summed E-state index contributed by atoms with van der Waals surface area (Å²) in [5.74, 6) is 0. The third-order valence-electron chi connectivity index (χ3n) is 5.16. The first kappa shape index (κ1) is 23.5. The second-order valence-electron chi connectivity index (χ2n) is 7.14. The molecule has 0 spiro atoms. The van der Waals surface area contributed by atoms with E-state index in [2.05, 4.69) is 56.3 Å². The monoisotopic (exact) mass is 592 g/mol. The van der Waals surface area contributed by atoms with Gasteiger partial charge in [0.05, 0.1) is 51.1 Å². The largest absolute Gasteiger partial charge is 0.289 e. The van der Waals surface area contributed by atoms with Crippen LogP contribution in [0.3, 0.4) is 0 Å². The van der Waals surface area contributed by atoms with Crippen molar-refractivity contribution in [3.63, 3.8) is 0 Å². The summed E-state index contributed by atoms with van der Waals surface area (Å²) in [6, 6.07) is 13.4. The number of aryl methyl sites for hydroxylation is 2. The highest BCUT2D eigenvalue weighted by Crippen LogP contribution is 2.33. The van der Waals surface area contributed by atoms with Crippen molar-refractivity contribution in [2.24, 2.45) is 0 Å². The number of benzene rings is 2. The molecule has 168 valence electrons. The predicted octanol–water partition coefficient (Wildman–Crippen LogP) is 6.68. The van der Waals surface area contributed by atoms with Crippen molar-refractivity contribution in [2.75, 3.05) is 0 Å². The normalized spacial score (nSPS) is 11.3. The van der Waals surface area contributed by atoms with E-state index in [-0.39, 0.29) is 5.69 Å². The van der Waals surface area contributed by atoms with Crippen LogP contribution in [0.1, 0.15) is 18.2 Å². The zero-order valence-corrected chi connectivity index (χ0v) is 21.6. The number of aromatic nitrogens is 5. The molecule has 0 amide bonds. The lowest BCUT2D eigenvalue weighted by molar-refractivity contribution is -0.385. The van der Waals surface area contributed by atoms with Crippen molar-refractivity contribution in [1.82, 2.24) is 24.3 Å². The Hall–Kier alpha value is -2.62. The predicted molar refractivity (Wildman–Crippen MR) is 142 cm³/mol. The molecule has 0 radical (unpaired) electrons. The standard InChI is InChI=1S/C13H10N4O2.C9H9ClIN2P/c1-9-12-4-2-3-5-13(12)16(15-9)10-6-11(17(18)19)8-14-7-10;1-2-6-3-4-8-7(9(6)10)5-12-13(8)14-11/h2-8H,1H3;3-5,14H,2H2,1H3. The number of rotatable bonds is 4. The maximum absolute atomic E-state index is 10.8. The minimum Gasteiger partial charge on any atom is -0.258 e. The summed E-state index contributed by atoms with van der Waals surface area (Å²) in [5.41, 5.74) is 4.63. The summed E-state index contributed by atoms with van der Waals surface area (Å²) in [4.78, 5) is 14.2. The van der Waals surface area contributed by atoms with Gasteiger partial charge in [0.2, 0.25) is 0 Å². The van der Waals surface area contributed by atoms with Crippen LogP contribution in [0.15, 0.2) is 61.1 Å². The molecule has 0 saturated carbocycles. The van der Waals surface area contributed by atoms with Gasteiger partial charge in [-0.05, 0) is 53.1 Å². The van der Waals surface area contributed by atoms with E-state index in [9.17, 15) is 10.1 Å². The maximum atomic E-state index is 10.8. The number of para-hydroxylation sites is 1. The number of hydrogen-bond donors (Lipinski definition) is 0. The lowest BCUT2D eigenvalue weighted by atomic mass is 10.1. The third kappa shape index (κ3) is 4.71. The molecule has 3 heterocycles. The summed E-state index contributed by atoms with van der Waals surface area (Å²) in [6.45, 7) is 4.02. The molecule has 3 aromatic heterocycles. The van der Waals surface area contributed by atoms with Gasteiger partial charge in [-0.25, -0.2) is 9.13 Å². The summed E-state index contributed by atoms with van der Waals surface area (Å²) in [7, 11) is 0. The zero-order chi connectivity index (χ0) is 23.5. The lowest BCUT2D eigenvalue weighted by Crippen LogP contribution is -1.99. The van der Waals surface area contributed by atoms with E-state index in [4.69, 9.17) is 11.6 Å². The SMILES string of the molecule is CCc1ccc2c(cnn2PI)c1Cl.Cc1nn(-c2cncc([N+](=O)[O-])c2)c2ccccc12. The van der Waals surface area contributed by atoms with Crippen molar-refractivity contribution >= 4 is 67.5 Å². The molecule has 8 nitrogen and oxygen atoms in total. The van der Waals surface area contributed by atoms with Crippen LogP contribution in [0.25, 0.3) is 27.5 Å². The van der Waals surface area contributed by atoms with Crippen LogP contribution in [0.2, 0.25) is 5.02 Å². The second-order valence-corrected chi connectivity index (χ2v) is 9.56. The van der Waals surface area contributed by atoms with Crippen molar-refractivity contribution in [3.05, 3.63) is 87.4 Å². The molecule has 5 aromatic rings. The van der Waals surface area contributed by atoms with Gasteiger partial charge >= 0.3 is 0 Å². The van der Waals surface area contributed by atoms with E-state index in [1.807, 2.05) is 41.8 Å². The molecule has 5 rings (SSSR count). The first-order valence-electron chi connectivity index (χ1n) is 10.0. The van der Waals surface area contributed by atoms with Crippen LogP contribution in [-0.2, 0) is 6.42 Å². The van der Waals surface area contributed by atoms with E-state index >= 15 is 0 Å². The topological polar surface area (TPSA) is 91.7 Å². The fourth-order valence-corrected chi connectivity index (χ4v) is 5.39. The molecule has 0 saturated heterocycles. The summed E-state index contributed by atoms with van der Waals surface area (Å²) >= 11 is 8.57. The molecule has 0 aliphatic rings. The van der Waals surface area contributed by atoms with Gasteiger partial charge in [-0.1, -0.05) is 42.8 Å². The van der Waals surface area contributed by atoms with Crippen LogP contribution >= 0.6 is 40.0 Å². The lowest BCUT2D eigenvalue weighted by Gasteiger charge is -2.02. The van der Waals surface area contributed by atoms with Crippen LogP contribution in [0.5, 0.6) is 0 Å². The Morgan fingerprint density at radius 2 is 1.91 bits per heavy atom. The molecule has 0 bridgehead atoms. The third-order valence-corrected chi connectivity index (χ3v) is 7.50. The molecule has 0 N–H and O–H groups in total. The van der Waals surface area contributed by atoms with Gasteiger partial charge in [-0.2, -0.15) is 10.2 Å². The van der Waals surface area contributed by atoms with Gasteiger partial charge in [-0.3, -0.25) is 15.1 Å². The Balaban J connectivity index is 0.000000165. The average Bonchev–Trinajstić information content (AvgIpc) is 3.41. The molecule has 2 aromatic carbocycles. The quantitative estimate of drug-likeness (QED) is 0.100. The van der Waals surface area contributed by atoms with E-state index in [0.29, 0.717) is 12.1 Å². The highest BCUT2D eigenvalue weighted by molar-refractivity contribution is 14.2. The van der Waals surface area contributed by atoms with Gasteiger partial charge in [0.15, 0.2) is 0 Å². The zero-order valence-electron chi connectivity index (χ0n) is 17.7. The molecular weight excluding hydrogens is 574 g/mol. The second kappa shape index (κ2) is 10.1. The molecule has 0 aliphatic carbocycles. The number of halogens is 2. The van der Waals surface area contributed by atoms with E-state index in [1.54, 1.807) is 10.9 Å². The van der Waals surface area contributed by atoms with Crippen LogP contribution in [0.4, 0.5) is 5.69 Å². The number of pyridine rings is 1. The number of nitro groups is 1. The highest BCUT2D eigenvalue weighted by Gasteiger charge is 2.12. The number of hydrogen-bond acceptors (Lipinski definition) is 5. The van der Waals surface area contributed by atoms with Crippen LogP contribution < -0.4 is 0 Å². The van der Waals surface area contributed by atoms with Gasteiger partial charge in [-0.15, -0.1) is 0 Å². The molecule has 0 fully saturated rings. The Morgan fingerprint density at radius 3 is 2.64 bits per heavy atom. The van der Waals surface area contributed by atoms with E-state index in [0.717, 1.165) is 38.9 Å². The Bertz CT molecular complexity index is 1470.